The molecule has 1 atom stereocenters. The van der Waals surface area contributed by atoms with Crippen molar-refractivity contribution in [2.75, 3.05) is 17.2 Å². The molecular weight excluding hydrogens is 264 g/mol. The number of para-hydroxylation sites is 1. The SMILES string of the molecule is CCOc1cccc2c1NC(=O)C(C)(c1ccccc1)N2. The Bertz CT molecular complexity index is 670. The van der Waals surface area contributed by atoms with Crippen molar-refractivity contribution in [2.45, 2.75) is 19.4 Å². The normalized spacial score (nSPS) is 20.2. The summed E-state index contributed by atoms with van der Waals surface area (Å²) >= 11 is 0. The zero-order chi connectivity index (χ0) is 14.9. The number of anilines is 2. The van der Waals surface area contributed by atoms with Gasteiger partial charge in [0.2, 0.25) is 0 Å². The van der Waals surface area contributed by atoms with Gasteiger partial charge in [0.25, 0.3) is 5.91 Å². The van der Waals surface area contributed by atoms with Crippen molar-refractivity contribution in [1.82, 2.24) is 0 Å². The quantitative estimate of drug-likeness (QED) is 0.907. The lowest BCUT2D eigenvalue weighted by molar-refractivity contribution is -0.120. The van der Waals surface area contributed by atoms with E-state index in [2.05, 4.69) is 10.6 Å². The van der Waals surface area contributed by atoms with Crippen molar-refractivity contribution in [3.8, 4) is 5.75 Å². The van der Waals surface area contributed by atoms with E-state index in [1.54, 1.807) is 0 Å². The van der Waals surface area contributed by atoms with Crippen molar-refractivity contribution in [3.05, 3.63) is 54.1 Å². The van der Waals surface area contributed by atoms with Gasteiger partial charge in [-0.15, -0.1) is 0 Å². The Hall–Kier alpha value is -2.49. The second-order valence-electron chi connectivity index (χ2n) is 5.18. The van der Waals surface area contributed by atoms with Gasteiger partial charge in [-0.1, -0.05) is 36.4 Å². The summed E-state index contributed by atoms with van der Waals surface area (Å²) in [5.41, 5.74) is 1.71. The van der Waals surface area contributed by atoms with Gasteiger partial charge in [0, 0.05) is 0 Å². The summed E-state index contributed by atoms with van der Waals surface area (Å²) in [6, 6.07) is 15.4. The Morgan fingerprint density at radius 2 is 1.86 bits per heavy atom. The van der Waals surface area contributed by atoms with Crippen LogP contribution in [-0.4, -0.2) is 12.5 Å². The highest BCUT2D eigenvalue weighted by atomic mass is 16.5. The van der Waals surface area contributed by atoms with E-state index in [4.69, 9.17) is 4.74 Å². The standard InChI is InChI=1S/C17H18N2O2/c1-3-21-14-11-7-10-13-15(14)18-16(20)17(2,19-13)12-8-5-4-6-9-12/h4-11,19H,3H2,1-2H3,(H,18,20). The molecule has 2 aromatic carbocycles. The summed E-state index contributed by atoms with van der Waals surface area (Å²) in [5.74, 6) is 0.597. The Morgan fingerprint density at radius 3 is 2.57 bits per heavy atom. The fourth-order valence-corrected chi connectivity index (χ4v) is 2.58. The van der Waals surface area contributed by atoms with Crippen LogP contribution < -0.4 is 15.4 Å². The van der Waals surface area contributed by atoms with Crippen LogP contribution in [0.1, 0.15) is 19.4 Å². The van der Waals surface area contributed by atoms with Gasteiger partial charge in [-0.05, 0) is 31.5 Å². The molecule has 3 rings (SSSR count). The van der Waals surface area contributed by atoms with Crippen LogP contribution in [0.4, 0.5) is 11.4 Å². The van der Waals surface area contributed by atoms with Gasteiger partial charge >= 0.3 is 0 Å². The van der Waals surface area contributed by atoms with Crippen molar-refractivity contribution >= 4 is 17.3 Å². The fourth-order valence-electron chi connectivity index (χ4n) is 2.58. The van der Waals surface area contributed by atoms with E-state index >= 15 is 0 Å². The molecule has 0 radical (unpaired) electrons. The molecule has 1 unspecified atom stereocenters. The first kappa shape index (κ1) is 13.5. The van der Waals surface area contributed by atoms with Crippen molar-refractivity contribution < 1.29 is 9.53 Å². The molecule has 1 amide bonds. The lowest BCUT2D eigenvalue weighted by atomic mass is 9.88. The number of ether oxygens (including phenoxy) is 1. The third-order valence-corrected chi connectivity index (χ3v) is 3.75. The van der Waals surface area contributed by atoms with Crippen LogP contribution in [0.5, 0.6) is 5.75 Å². The van der Waals surface area contributed by atoms with Gasteiger partial charge in [0.05, 0.1) is 12.3 Å². The summed E-state index contributed by atoms with van der Waals surface area (Å²) in [6.45, 7) is 4.36. The molecule has 0 saturated carbocycles. The number of fused-ring (bicyclic) bond motifs is 1. The van der Waals surface area contributed by atoms with E-state index in [1.165, 1.54) is 0 Å². The van der Waals surface area contributed by atoms with Gasteiger partial charge < -0.3 is 15.4 Å². The van der Waals surface area contributed by atoms with Crippen LogP contribution in [-0.2, 0) is 10.3 Å². The largest absolute Gasteiger partial charge is 0.492 e. The number of nitrogens with one attached hydrogen (secondary N) is 2. The van der Waals surface area contributed by atoms with E-state index in [0.29, 0.717) is 18.0 Å². The van der Waals surface area contributed by atoms with Crippen LogP contribution in [0.25, 0.3) is 0 Å². The predicted molar refractivity (Wildman–Crippen MR) is 83.7 cm³/mol. The summed E-state index contributed by atoms with van der Waals surface area (Å²) in [7, 11) is 0. The molecule has 4 heteroatoms. The topological polar surface area (TPSA) is 50.4 Å². The van der Waals surface area contributed by atoms with Gasteiger partial charge in [-0.25, -0.2) is 0 Å². The highest BCUT2D eigenvalue weighted by molar-refractivity contribution is 6.07. The van der Waals surface area contributed by atoms with E-state index in [1.807, 2.05) is 62.4 Å². The molecule has 2 aromatic rings. The zero-order valence-electron chi connectivity index (χ0n) is 12.1. The maximum atomic E-state index is 12.6. The van der Waals surface area contributed by atoms with Crippen molar-refractivity contribution in [3.63, 3.8) is 0 Å². The molecule has 0 aliphatic carbocycles. The van der Waals surface area contributed by atoms with Crippen LogP contribution in [0.15, 0.2) is 48.5 Å². The minimum absolute atomic E-state index is 0.0895. The average molecular weight is 282 g/mol. The van der Waals surface area contributed by atoms with E-state index in [9.17, 15) is 4.79 Å². The fraction of sp³-hybridized carbons (Fsp3) is 0.235. The number of hydrogen-bond donors (Lipinski definition) is 2. The molecule has 108 valence electrons. The molecule has 1 aliphatic rings. The molecular formula is C17H18N2O2. The summed E-state index contributed by atoms with van der Waals surface area (Å²) in [4.78, 5) is 12.6. The summed E-state index contributed by atoms with van der Waals surface area (Å²) in [5, 5.41) is 6.32. The average Bonchev–Trinajstić information content (AvgIpc) is 2.50. The Balaban J connectivity index is 2.04. The van der Waals surface area contributed by atoms with Gasteiger partial charge in [-0.2, -0.15) is 0 Å². The van der Waals surface area contributed by atoms with Crippen LogP contribution >= 0.6 is 0 Å². The minimum Gasteiger partial charge on any atom is -0.492 e. The maximum absolute atomic E-state index is 12.6. The lowest BCUT2D eigenvalue weighted by Gasteiger charge is -2.36. The minimum atomic E-state index is -0.793. The number of benzene rings is 2. The summed E-state index contributed by atoms with van der Waals surface area (Å²) in [6.07, 6.45) is 0. The first-order chi connectivity index (χ1) is 10.1. The molecule has 0 aromatic heterocycles. The van der Waals surface area contributed by atoms with E-state index < -0.39 is 5.54 Å². The van der Waals surface area contributed by atoms with Gasteiger partial charge in [0.15, 0.2) is 0 Å². The third-order valence-electron chi connectivity index (χ3n) is 3.75. The lowest BCUT2D eigenvalue weighted by Crippen LogP contribution is -2.47. The Morgan fingerprint density at radius 1 is 1.10 bits per heavy atom. The number of carbonyl (C=O) groups is 1. The molecule has 21 heavy (non-hydrogen) atoms. The summed E-state index contributed by atoms with van der Waals surface area (Å²) < 4.78 is 5.57. The van der Waals surface area contributed by atoms with Crippen LogP contribution in [0.2, 0.25) is 0 Å². The second-order valence-corrected chi connectivity index (χ2v) is 5.18. The van der Waals surface area contributed by atoms with E-state index in [0.717, 1.165) is 11.3 Å². The molecule has 0 bridgehead atoms. The highest BCUT2D eigenvalue weighted by Crippen LogP contribution is 2.41. The smallest absolute Gasteiger partial charge is 0.254 e. The molecule has 2 N–H and O–H groups in total. The van der Waals surface area contributed by atoms with Gasteiger partial charge in [-0.3, -0.25) is 4.79 Å². The Labute approximate surface area is 124 Å². The molecule has 1 heterocycles. The molecule has 0 fully saturated rings. The predicted octanol–water partition coefficient (Wildman–Crippen LogP) is 3.36. The third kappa shape index (κ3) is 2.23. The zero-order valence-corrected chi connectivity index (χ0v) is 12.1. The van der Waals surface area contributed by atoms with Crippen LogP contribution in [0.3, 0.4) is 0 Å². The number of amides is 1. The van der Waals surface area contributed by atoms with Crippen molar-refractivity contribution in [2.24, 2.45) is 0 Å². The number of carbonyl (C=O) groups excluding carboxylic acids is 1. The van der Waals surface area contributed by atoms with Crippen molar-refractivity contribution in [1.29, 1.82) is 0 Å². The highest BCUT2D eigenvalue weighted by Gasteiger charge is 2.40. The first-order valence-corrected chi connectivity index (χ1v) is 7.06. The second kappa shape index (κ2) is 5.13. The molecule has 0 saturated heterocycles. The first-order valence-electron chi connectivity index (χ1n) is 7.06. The monoisotopic (exact) mass is 282 g/mol. The number of rotatable bonds is 3. The maximum Gasteiger partial charge on any atom is 0.254 e. The van der Waals surface area contributed by atoms with Crippen LogP contribution in [0, 0.1) is 0 Å². The Kier molecular flexibility index (Phi) is 3.29. The van der Waals surface area contributed by atoms with E-state index in [-0.39, 0.29) is 5.91 Å². The number of hydrogen-bond acceptors (Lipinski definition) is 3. The molecule has 0 spiro atoms. The molecule has 4 nitrogen and oxygen atoms in total. The van der Waals surface area contributed by atoms with Gasteiger partial charge in [0.1, 0.15) is 17.0 Å². The molecule has 1 aliphatic heterocycles.